The van der Waals surface area contributed by atoms with Gasteiger partial charge in [0.05, 0.1) is 18.9 Å². The van der Waals surface area contributed by atoms with Crippen LogP contribution < -0.4 is 10.5 Å². The molecule has 0 aliphatic carbocycles. The Labute approximate surface area is 130 Å². The van der Waals surface area contributed by atoms with Crippen LogP contribution in [0.2, 0.25) is 0 Å². The van der Waals surface area contributed by atoms with Gasteiger partial charge in [0.2, 0.25) is 0 Å². The molecule has 22 heavy (non-hydrogen) atoms. The Hall–Kier alpha value is -2.52. The predicted molar refractivity (Wildman–Crippen MR) is 87.6 cm³/mol. The Bertz CT molecular complexity index is 675. The van der Waals surface area contributed by atoms with E-state index >= 15 is 0 Å². The molecule has 0 bridgehead atoms. The van der Waals surface area contributed by atoms with Gasteiger partial charge in [0.15, 0.2) is 0 Å². The largest absolute Gasteiger partial charge is 0.494 e. The van der Waals surface area contributed by atoms with Crippen LogP contribution in [-0.4, -0.2) is 6.61 Å². The van der Waals surface area contributed by atoms with Crippen LogP contribution in [0.1, 0.15) is 18.2 Å². The highest BCUT2D eigenvalue weighted by Crippen LogP contribution is 2.22. The summed E-state index contributed by atoms with van der Waals surface area (Å²) in [5.41, 5.74) is 8.41. The van der Waals surface area contributed by atoms with E-state index < -0.39 is 0 Å². The molecule has 0 radical (unpaired) electrons. The third-order valence-electron chi connectivity index (χ3n) is 3.57. The molecule has 112 valence electrons. The summed E-state index contributed by atoms with van der Waals surface area (Å²) in [7, 11) is 0. The monoisotopic (exact) mass is 293 g/mol. The molecule has 0 saturated heterocycles. The van der Waals surface area contributed by atoms with Gasteiger partial charge < -0.3 is 14.9 Å². The minimum absolute atomic E-state index is 0.126. The van der Waals surface area contributed by atoms with Crippen LogP contribution in [0, 0.1) is 0 Å². The summed E-state index contributed by atoms with van der Waals surface area (Å²) in [6.07, 6.45) is 2.35. The number of furan rings is 1. The fraction of sp³-hybridized carbons (Fsp3) is 0.158. The molecule has 0 spiro atoms. The summed E-state index contributed by atoms with van der Waals surface area (Å²) in [5.74, 6) is 1.65. The zero-order chi connectivity index (χ0) is 15.2. The molecule has 3 rings (SSSR count). The second-order valence-electron chi connectivity index (χ2n) is 5.15. The Balaban J connectivity index is 1.53. The molecule has 3 aromatic rings. The molecule has 1 unspecified atom stereocenters. The van der Waals surface area contributed by atoms with Gasteiger partial charge in [-0.25, -0.2) is 0 Å². The minimum Gasteiger partial charge on any atom is -0.494 e. The molecule has 3 nitrogen and oxygen atoms in total. The highest BCUT2D eigenvalue weighted by molar-refractivity contribution is 5.63. The lowest BCUT2D eigenvalue weighted by molar-refractivity contribution is 0.289. The topological polar surface area (TPSA) is 48.4 Å². The standard InChI is InChI=1S/C19H19NO2/c20-18(19-7-4-13-22-19)12-14-21-17-10-8-16(9-11-17)15-5-2-1-3-6-15/h1-11,13,18H,12,14,20H2. The Morgan fingerprint density at radius 3 is 2.27 bits per heavy atom. The molecule has 3 heteroatoms. The average molecular weight is 293 g/mol. The van der Waals surface area contributed by atoms with Crippen LogP contribution in [-0.2, 0) is 0 Å². The fourth-order valence-corrected chi connectivity index (χ4v) is 2.32. The van der Waals surface area contributed by atoms with Gasteiger partial charge in [-0.3, -0.25) is 0 Å². The van der Waals surface area contributed by atoms with Crippen LogP contribution >= 0.6 is 0 Å². The number of benzene rings is 2. The van der Waals surface area contributed by atoms with Crippen molar-refractivity contribution < 1.29 is 9.15 Å². The molecular weight excluding hydrogens is 274 g/mol. The van der Waals surface area contributed by atoms with Crippen LogP contribution in [0.25, 0.3) is 11.1 Å². The first-order valence-electron chi connectivity index (χ1n) is 7.40. The van der Waals surface area contributed by atoms with E-state index in [1.54, 1.807) is 6.26 Å². The molecule has 1 aromatic heterocycles. The molecule has 0 amide bonds. The second kappa shape index (κ2) is 6.96. The van der Waals surface area contributed by atoms with Crippen molar-refractivity contribution in [1.82, 2.24) is 0 Å². The van der Waals surface area contributed by atoms with Gasteiger partial charge in [-0.15, -0.1) is 0 Å². The molecule has 2 aromatic carbocycles. The van der Waals surface area contributed by atoms with Crippen molar-refractivity contribution in [2.24, 2.45) is 5.73 Å². The molecule has 0 fully saturated rings. The number of nitrogens with two attached hydrogens (primary N) is 1. The van der Waals surface area contributed by atoms with Crippen molar-refractivity contribution in [3.63, 3.8) is 0 Å². The van der Waals surface area contributed by atoms with Crippen molar-refractivity contribution in [2.75, 3.05) is 6.61 Å². The predicted octanol–water partition coefficient (Wildman–Crippen LogP) is 4.42. The summed E-state index contributed by atoms with van der Waals surface area (Å²) in [6.45, 7) is 0.562. The van der Waals surface area contributed by atoms with Gasteiger partial charge in [0, 0.05) is 6.42 Å². The maximum Gasteiger partial charge on any atom is 0.120 e. The van der Waals surface area contributed by atoms with Gasteiger partial charge in [0.25, 0.3) is 0 Å². The van der Waals surface area contributed by atoms with Gasteiger partial charge in [-0.1, -0.05) is 42.5 Å². The molecular formula is C19H19NO2. The molecule has 0 aliphatic rings. The van der Waals surface area contributed by atoms with Gasteiger partial charge in [-0.05, 0) is 35.4 Å². The Kier molecular flexibility index (Phi) is 4.56. The van der Waals surface area contributed by atoms with E-state index in [1.807, 2.05) is 42.5 Å². The third-order valence-corrected chi connectivity index (χ3v) is 3.57. The zero-order valence-electron chi connectivity index (χ0n) is 12.3. The summed E-state index contributed by atoms with van der Waals surface area (Å²) in [5, 5.41) is 0. The van der Waals surface area contributed by atoms with Crippen LogP contribution in [0.15, 0.2) is 77.4 Å². The molecule has 0 aliphatic heterocycles. The van der Waals surface area contributed by atoms with Gasteiger partial charge in [0.1, 0.15) is 11.5 Å². The fourth-order valence-electron chi connectivity index (χ4n) is 2.32. The lowest BCUT2D eigenvalue weighted by atomic mass is 10.1. The quantitative estimate of drug-likeness (QED) is 0.732. The Morgan fingerprint density at radius 1 is 0.864 bits per heavy atom. The van der Waals surface area contributed by atoms with Crippen molar-refractivity contribution in [3.8, 4) is 16.9 Å². The first-order chi connectivity index (χ1) is 10.8. The maximum absolute atomic E-state index is 6.03. The van der Waals surface area contributed by atoms with E-state index in [9.17, 15) is 0 Å². The smallest absolute Gasteiger partial charge is 0.120 e. The molecule has 2 N–H and O–H groups in total. The summed E-state index contributed by atoms with van der Waals surface area (Å²) >= 11 is 0. The highest BCUT2D eigenvalue weighted by atomic mass is 16.5. The van der Waals surface area contributed by atoms with Crippen molar-refractivity contribution in [1.29, 1.82) is 0 Å². The molecule has 1 heterocycles. The lowest BCUT2D eigenvalue weighted by Crippen LogP contribution is -2.13. The highest BCUT2D eigenvalue weighted by Gasteiger charge is 2.08. The zero-order valence-corrected chi connectivity index (χ0v) is 12.3. The first kappa shape index (κ1) is 14.4. The summed E-state index contributed by atoms with van der Waals surface area (Å²) in [4.78, 5) is 0. The number of ether oxygens (including phenoxy) is 1. The SMILES string of the molecule is NC(CCOc1ccc(-c2ccccc2)cc1)c1ccco1. The molecule has 0 saturated carbocycles. The van der Waals surface area contributed by atoms with E-state index in [0.29, 0.717) is 13.0 Å². The maximum atomic E-state index is 6.03. The van der Waals surface area contributed by atoms with Crippen molar-refractivity contribution in [3.05, 3.63) is 78.8 Å². The van der Waals surface area contributed by atoms with Crippen LogP contribution in [0.4, 0.5) is 0 Å². The first-order valence-corrected chi connectivity index (χ1v) is 7.40. The van der Waals surface area contributed by atoms with Gasteiger partial charge in [-0.2, -0.15) is 0 Å². The van der Waals surface area contributed by atoms with E-state index in [-0.39, 0.29) is 6.04 Å². The van der Waals surface area contributed by atoms with E-state index in [2.05, 4.69) is 24.3 Å². The van der Waals surface area contributed by atoms with Gasteiger partial charge >= 0.3 is 0 Å². The number of hydrogen-bond acceptors (Lipinski definition) is 3. The van der Waals surface area contributed by atoms with Crippen molar-refractivity contribution in [2.45, 2.75) is 12.5 Å². The Morgan fingerprint density at radius 2 is 1.59 bits per heavy atom. The van der Waals surface area contributed by atoms with E-state index in [1.165, 1.54) is 11.1 Å². The molecule has 1 atom stereocenters. The average Bonchev–Trinajstić information content (AvgIpc) is 3.11. The van der Waals surface area contributed by atoms with E-state index in [4.69, 9.17) is 14.9 Å². The third kappa shape index (κ3) is 3.57. The second-order valence-corrected chi connectivity index (χ2v) is 5.15. The minimum atomic E-state index is -0.126. The van der Waals surface area contributed by atoms with Crippen LogP contribution in [0.3, 0.4) is 0 Å². The lowest BCUT2D eigenvalue weighted by Gasteiger charge is -2.11. The van der Waals surface area contributed by atoms with Crippen molar-refractivity contribution >= 4 is 0 Å². The summed E-state index contributed by atoms with van der Waals surface area (Å²) in [6, 6.07) is 22.0. The number of hydrogen-bond donors (Lipinski definition) is 1. The number of rotatable bonds is 6. The van der Waals surface area contributed by atoms with E-state index in [0.717, 1.165) is 11.5 Å². The summed E-state index contributed by atoms with van der Waals surface area (Å²) < 4.78 is 11.0. The normalized spacial score (nSPS) is 12.0. The van der Waals surface area contributed by atoms with Crippen LogP contribution in [0.5, 0.6) is 5.75 Å².